The van der Waals surface area contributed by atoms with Gasteiger partial charge in [-0.05, 0) is 29.8 Å². The molecule has 1 heterocycles. The Balaban J connectivity index is 1.63. The second-order valence-corrected chi connectivity index (χ2v) is 5.64. The predicted molar refractivity (Wildman–Crippen MR) is 96.3 cm³/mol. The van der Waals surface area contributed by atoms with E-state index in [1.54, 1.807) is 48.5 Å². The fourth-order valence-corrected chi connectivity index (χ4v) is 2.46. The van der Waals surface area contributed by atoms with Gasteiger partial charge < -0.3 is 9.52 Å². The molecule has 2 N–H and O–H groups in total. The molecule has 126 valence electrons. The molecule has 2 aromatic carbocycles. The molecule has 0 saturated carbocycles. The van der Waals surface area contributed by atoms with Gasteiger partial charge in [-0.2, -0.15) is 5.10 Å². The number of furan rings is 1. The van der Waals surface area contributed by atoms with Crippen molar-refractivity contribution >= 4 is 23.7 Å². The standard InChI is InChI=1S/C19H15ClN2O3/c20-16-9-5-4-8-15(16)17-11-10-14(25-17)12-21-22-19(24)18(23)13-6-2-1-3-7-13/h1-12,18,23H,(H,22,24). The monoisotopic (exact) mass is 354 g/mol. The summed E-state index contributed by atoms with van der Waals surface area (Å²) in [6, 6.07) is 19.4. The molecule has 1 amide bonds. The first-order valence-electron chi connectivity index (χ1n) is 7.56. The van der Waals surface area contributed by atoms with Crippen molar-refractivity contribution in [1.29, 1.82) is 0 Å². The molecular weight excluding hydrogens is 340 g/mol. The maximum atomic E-state index is 11.9. The van der Waals surface area contributed by atoms with Crippen LogP contribution in [0.5, 0.6) is 0 Å². The van der Waals surface area contributed by atoms with Crippen LogP contribution in [-0.4, -0.2) is 17.2 Å². The second kappa shape index (κ2) is 7.79. The van der Waals surface area contributed by atoms with Crippen LogP contribution in [0.4, 0.5) is 0 Å². The molecule has 0 spiro atoms. The normalized spacial score (nSPS) is 12.2. The van der Waals surface area contributed by atoms with E-state index in [2.05, 4.69) is 10.5 Å². The number of benzene rings is 2. The fraction of sp³-hybridized carbons (Fsp3) is 0.0526. The number of halogens is 1. The summed E-state index contributed by atoms with van der Waals surface area (Å²) in [6.45, 7) is 0. The van der Waals surface area contributed by atoms with Gasteiger partial charge >= 0.3 is 0 Å². The third-order valence-electron chi connectivity index (χ3n) is 3.50. The lowest BCUT2D eigenvalue weighted by atomic mass is 10.1. The van der Waals surface area contributed by atoms with Gasteiger partial charge in [0.1, 0.15) is 11.5 Å². The molecule has 5 nitrogen and oxygen atoms in total. The number of hydrazone groups is 1. The van der Waals surface area contributed by atoms with E-state index in [4.69, 9.17) is 16.0 Å². The predicted octanol–water partition coefficient (Wildman–Crippen LogP) is 3.78. The summed E-state index contributed by atoms with van der Waals surface area (Å²) >= 11 is 6.13. The summed E-state index contributed by atoms with van der Waals surface area (Å²) in [5.41, 5.74) is 3.55. The van der Waals surface area contributed by atoms with Gasteiger partial charge in [0.25, 0.3) is 5.91 Å². The van der Waals surface area contributed by atoms with Gasteiger partial charge in [-0.1, -0.05) is 54.1 Å². The van der Waals surface area contributed by atoms with E-state index in [1.165, 1.54) is 6.21 Å². The van der Waals surface area contributed by atoms with Crippen molar-refractivity contribution in [3.05, 3.63) is 83.1 Å². The number of rotatable bonds is 5. The SMILES string of the molecule is O=C(NN=Cc1ccc(-c2ccccc2Cl)o1)C(O)c1ccccc1. The maximum Gasteiger partial charge on any atom is 0.273 e. The first-order chi connectivity index (χ1) is 12.1. The molecule has 3 rings (SSSR count). The third-order valence-corrected chi connectivity index (χ3v) is 3.83. The first kappa shape index (κ1) is 17.0. The Morgan fingerprint density at radius 3 is 2.56 bits per heavy atom. The molecule has 3 aromatic rings. The highest BCUT2D eigenvalue weighted by atomic mass is 35.5. The summed E-state index contributed by atoms with van der Waals surface area (Å²) in [5.74, 6) is 0.424. The highest BCUT2D eigenvalue weighted by Crippen LogP contribution is 2.28. The molecule has 0 radical (unpaired) electrons. The Kier molecular flexibility index (Phi) is 5.28. The number of nitrogens with one attached hydrogen (secondary N) is 1. The van der Waals surface area contributed by atoms with Gasteiger partial charge in [-0.3, -0.25) is 4.79 Å². The van der Waals surface area contributed by atoms with E-state index in [1.807, 2.05) is 18.2 Å². The number of carbonyl (C=O) groups is 1. The van der Waals surface area contributed by atoms with Crippen LogP contribution in [0, 0.1) is 0 Å². The number of aliphatic hydroxyl groups is 1. The number of hydrogen-bond donors (Lipinski definition) is 2. The van der Waals surface area contributed by atoms with Gasteiger partial charge in [0.15, 0.2) is 6.10 Å². The van der Waals surface area contributed by atoms with Crippen LogP contribution in [0.1, 0.15) is 17.4 Å². The zero-order valence-corrected chi connectivity index (χ0v) is 13.9. The van der Waals surface area contributed by atoms with Gasteiger partial charge in [0.05, 0.1) is 11.2 Å². The molecule has 25 heavy (non-hydrogen) atoms. The van der Waals surface area contributed by atoms with Crippen LogP contribution in [0.3, 0.4) is 0 Å². The number of carbonyl (C=O) groups excluding carboxylic acids is 1. The fourth-order valence-electron chi connectivity index (χ4n) is 2.24. The van der Waals surface area contributed by atoms with Crippen molar-refractivity contribution in [2.45, 2.75) is 6.10 Å². The van der Waals surface area contributed by atoms with E-state index in [9.17, 15) is 9.90 Å². The Morgan fingerprint density at radius 1 is 1.08 bits per heavy atom. The molecule has 0 fully saturated rings. The van der Waals surface area contributed by atoms with Crippen LogP contribution < -0.4 is 5.43 Å². The van der Waals surface area contributed by atoms with E-state index in [-0.39, 0.29) is 0 Å². The van der Waals surface area contributed by atoms with Crippen molar-refractivity contribution in [2.75, 3.05) is 0 Å². The smallest absolute Gasteiger partial charge is 0.273 e. The van der Waals surface area contributed by atoms with E-state index in [0.29, 0.717) is 22.1 Å². The second-order valence-electron chi connectivity index (χ2n) is 5.23. The molecule has 0 saturated heterocycles. The highest BCUT2D eigenvalue weighted by Gasteiger charge is 2.16. The average Bonchev–Trinajstić information content (AvgIpc) is 3.10. The molecular formula is C19H15ClN2O3. The summed E-state index contributed by atoms with van der Waals surface area (Å²) in [6.07, 6.45) is 0.0734. The molecule has 0 aliphatic rings. The van der Waals surface area contributed by atoms with E-state index >= 15 is 0 Å². The zero-order valence-electron chi connectivity index (χ0n) is 13.1. The lowest BCUT2D eigenvalue weighted by molar-refractivity contribution is -0.129. The maximum absolute atomic E-state index is 11.9. The van der Waals surface area contributed by atoms with Crippen molar-refractivity contribution in [3.63, 3.8) is 0 Å². The third kappa shape index (κ3) is 4.15. The topological polar surface area (TPSA) is 74.8 Å². The Hall–Kier alpha value is -2.89. The summed E-state index contributed by atoms with van der Waals surface area (Å²) in [5, 5.41) is 14.3. The van der Waals surface area contributed by atoms with Gasteiger partial charge in [-0.15, -0.1) is 0 Å². The van der Waals surface area contributed by atoms with Crippen LogP contribution >= 0.6 is 11.6 Å². The Bertz CT molecular complexity index is 890. The lowest BCUT2D eigenvalue weighted by Gasteiger charge is -2.08. The van der Waals surface area contributed by atoms with Crippen LogP contribution in [0.2, 0.25) is 5.02 Å². The summed E-state index contributed by atoms with van der Waals surface area (Å²) < 4.78 is 5.63. The Morgan fingerprint density at radius 2 is 1.80 bits per heavy atom. The molecule has 1 atom stereocenters. The molecule has 1 unspecified atom stereocenters. The quantitative estimate of drug-likeness (QED) is 0.540. The summed E-state index contributed by atoms with van der Waals surface area (Å²) in [7, 11) is 0. The van der Waals surface area contributed by atoms with E-state index < -0.39 is 12.0 Å². The highest BCUT2D eigenvalue weighted by molar-refractivity contribution is 6.33. The number of nitrogens with zero attached hydrogens (tertiary/aromatic N) is 1. The number of aliphatic hydroxyl groups excluding tert-OH is 1. The van der Waals surface area contributed by atoms with Gasteiger partial charge in [0, 0.05) is 5.56 Å². The zero-order chi connectivity index (χ0) is 17.6. The van der Waals surface area contributed by atoms with Gasteiger partial charge in [-0.25, -0.2) is 5.43 Å². The lowest BCUT2D eigenvalue weighted by Crippen LogP contribution is -2.25. The minimum absolute atomic E-state index is 0.449. The summed E-state index contributed by atoms with van der Waals surface area (Å²) in [4.78, 5) is 11.9. The largest absolute Gasteiger partial charge is 0.455 e. The molecule has 6 heteroatoms. The van der Waals surface area contributed by atoms with Crippen LogP contribution in [-0.2, 0) is 4.79 Å². The van der Waals surface area contributed by atoms with Crippen molar-refractivity contribution in [2.24, 2.45) is 5.10 Å². The first-order valence-corrected chi connectivity index (χ1v) is 7.93. The van der Waals surface area contributed by atoms with Crippen molar-refractivity contribution < 1.29 is 14.3 Å². The van der Waals surface area contributed by atoms with Crippen LogP contribution in [0.25, 0.3) is 11.3 Å². The number of amides is 1. The minimum atomic E-state index is -1.28. The molecule has 0 aliphatic heterocycles. The van der Waals surface area contributed by atoms with E-state index in [0.717, 1.165) is 5.56 Å². The van der Waals surface area contributed by atoms with Crippen LogP contribution in [0.15, 0.2) is 76.2 Å². The molecule has 0 aliphatic carbocycles. The number of hydrogen-bond acceptors (Lipinski definition) is 4. The molecule has 0 bridgehead atoms. The average molecular weight is 355 g/mol. The Labute approximate surface area is 149 Å². The van der Waals surface area contributed by atoms with Crippen molar-refractivity contribution in [3.8, 4) is 11.3 Å². The molecule has 1 aromatic heterocycles. The van der Waals surface area contributed by atoms with Gasteiger partial charge in [0.2, 0.25) is 0 Å². The van der Waals surface area contributed by atoms with Crippen molar-refractivity contribution in [1.82, 2.24) is 5.43 Å². The minimum Gasteiger partial charge on any atom is -0.455 e.